The van der Waals surface area contributed by atoms with Crippen LogP contribution in [0.25, 0.3) is 0 Å². The monoisotopic (exact) mass is 343 g/mol. The van der Waals surface area contributed by atoms with Gasteiger partial charge in [-0.2, -0.15) is 4.98 Å². The molecule has 0 aliphatic carbocycles. The molecule has 1 N–H and O–H groups in total. The van der Waals surface area contributed by atoms with Gasteiger partial charge in [0.1, 0.15) is 16.5 Å². The van der Waals surface area contributed by atoms with Gasteiger partial charge in [-0.25, -0.2) is 4.98 Å². The van der Waals surface area contributed by atoms with Crippen molar-refractivity contribution in [2.75, 3.05) is 19.5 Å². The predicted octanol–water partition coefficient (Wildman–Crippen LogP) is 3.74. The first-order valence-electron chi connectivity index (χ1n) is 5.35. The van der Waals surface area contributed by atoms with Crippen LogP contribution in [0.1, 0.15) is 0 Å². The SMILES string of the molecule is CNc1ncc(Cl)c(Oc2ccc(OC)cc2Br)n1. The summed E-state index contributed by atoms with van der Waals surface area (Å²) < 4.78 is 11.5. The molecule has 1 aromatic carbocycles. The maximum absolute atomic E-state index is 6.00. The van der Waals surface area contributed by atoms with Crippen molar-refractivity contribution in [1.29, 1.82) is 0 Å². The summed E-state index contributed by atoms with van der Waals surface area (Å²) in [6, 6.07) is 5.35. The molecular weight excluding hydrogens is 334 g/mol. The molecule has 0 atom stereocenters. The Morgan fingerprint density at radius 3 is 2.79 bits per heavy atom. The second-order valence-electron chi connectivity index (χ2n) is 3.50. The van der Waals surface area contributed by atoms with Gasteiger partial charge in [-0.3, -0.25) is 0 Å². The van der Waals surface area contributed by atoms with Crippen molar-refractivity contribution in [2.45, 2.75) is 0 Å². The minimum Gasteiger partial charge on any atom is -0.497 e. The van der Waals surface area contributed by atoms with E-state index in [-0.39, 0.29) is 5.88 Å². The third kappa shape index (κ3) is 3.27. The first-order valence-corrected chi connectivity index (χ1v) is 6.53. The van der Waals surface area contributed by atoms with E-state index in [0.29, 0.717) is 16.7 Å². The van der Waals surface area contributed by atoms with Gasteiger partial charge in [-0.05, 0) is 34.1 Å². The Hall–Kier alpha value is -1.53. The molecule has 2 aromatic rings. The van der Waals surface area contributed by atoms with E-state index in [1.165, 1.54) is 6.20 Å². The van der Waals surface area contributed by atoms with Crippen molar-refractivity contribution in [3.8, 4) is 17.4 Å². The molecule has 0 aliphatic heterocycles. The molecule has 5 nitrogen and oxygen atoms in total. The van der Waals surface area contributed by atoms with E-state index >= 15 is 0 Å². The largest absolute Gasteiger partial charge is 0.497 e. The fourth-order valence-corrected chi connectivity index (χ4v) is 1.91. The maximum atomic E-state index is 6.00. The van der Waals surface area contributed by atoms with Crippen LogP contribution in [0.15, 0.2) is 28.9 Å². The maximum Gasteiger partial charge on any atom is 0.243 e. The van der Waals surface area contributed by atoms with Crippen molar-refractivity contribution in [2.24, 2.45) is 0 Å². The average Bonchev–Trinajstić information content (AvgIpc) is 2.43. The third-order valence-corrected chi connectivity index (χ3v) is 3.16. The number of benzene rings is 1. The van der Waals surface area contributed by atoms with Crippen LogP contribution in [0.4, 0.5) is 5.95 Å². The summed E-state index contributed by atoms with van der Waals surface area (Å²) in [5.41, 5.74) is 0. The van der Waals surface area contributed by atoms with Gasteiger partial charge in [-0.15, -0.1) is 0 Å². The van der Waals surface area contributed by atoms with Crippen LogP contribution in [0.2, 0.25) is 5.02 Å². The zero-order valence-corrected chi connectivity index (χ0v) is 12.6. The first-order chi connectivity index (χ1) is 9.13. The number of hydrogen-bond donors (Lipinski definition) is 1. The Balaban J connectivity index is 2.30. The molecule has 0 saturated carbocycles. The summed E-state index contributed by atoms with van der Waals surface area (Å²) in [6.07, 6.45) is 1.48. The number of nitrogens with one attached hydrogen (secondary N) is 1. The normalized spacial score (nSPS) is 10.1. The van der Waals surface area contributed by atoms with Crippen molar-refractivity contribution in [3.63, 3.8) is 0 Å². The molecule has 19 heavy (non-hydrogen) atoms. The number of ether oxygens (including phenoxy) is 2. The lowest BCUT2D eigenvalue weighted by molar-refractivity contribution is 0.411. The minimum absolute atomic E-state index is 0.284. The molecule has 0 fully saturated rings. The second kappa shape index (κ2) is 6.08. The molecule has 2 rings (SSSR count). The molecule has 7 heteroatoms. The Labute approximate surface area is 124 Å². The zero-order valence-electron chi connectivity index (χ0n) is 10.3. The van der Waals surface area contributed by atoms with Gasteiger partial charge in [-0.1, -0.05) is 11.6 Å². The second-order valence-corrected chi connectivity index (χ2v) is 4.76. The molecular formula is C12H11BrClN3O2. The Bertz CT molecular complexity index is 595. The van der Waals surface area contributed by atoms with Gasteiger partial charge in [0.25, 0.3) is 0 Å². The molecule has 0 unspecified atom stereocenters. The van der Waals surface area contributed by atoms with Crippen LogP contribution in [0.3, 0.4) is 0 Å². The molecule has 0 radical (unpaired) electrons. The van der Waals surface area contributed by atoms with E-state index in [9.17, 15) is 0 Å². The van der Waals surface area contributed by atoms with Crippen molar-refractivity contribution in [3.05, 3.63) is 33.9 Å². The zero-order chi connectivity index (χ0) is 13.8. The quantitative estimate of drug-likeness (QED) is 0.916. The number of aromatic nitrogens is 2. The van der Waals surface area contributed by atoms with Crippen LogP contribution in [0, 0.1) is 0 Å². The lowest BCUT2D eigenvalue weighted by atomic mass is 10.3. The number of nitrogens with zero attached hydrogens (tertiary/aromatic N) is 2. The summed E-state index contributed by atoms with van der Waals surface area (Å²) >= 11 is 9.39. The summed E-state index contributed by atoms with van der Waals surface area (Å²) in [6.45, 7) is 0. The standard InChI is InChI=1S/C12H11BrClN3O2/c1-15-12-16-6-9(14)11(17-12)19-10-4-3-7(18-2)5-8(10)13/h3-6H,1-2H3,(H,15,16,17). The van der Waals surface area contributed by atoms with Crippen LogP contribution in [-0.2, 0) is 0 Å². The molecule has 100 valence electrons. The molecule has 1 heterocycles. The predicted molar refractivity (Wildman–Crippen MR) is 77.4 cm³/mol. The number of halogens is 2. The van der Waals surface area contributed by atoms with Gasteiger partial charge in [0.15, 0.2) is 0 Å². The highest BCUT2D eigenvalue weighted by Gasteiger charge is 2.10. The molecule has 1 aromatic heterocycles. The summed E-state index contributed by atoms with van der Waals surface area (Å²) in [5, 5.41) is 3.16. The van der Waals surface area contributed by atoms with E-state index in [0.717, 1.165) is 10.2 Å². The van der Waals surface area contributed by atoms with Gasteiger partial charge < -0.3 is 14.8 Å². The first kappa shape index (κ1) is 13.9. The van der Waals surface area contributed by atoms with Crippen LogP contribution < -0.4 is 14.8 Å². The Morgan fingerprint density at radius 1 is 1.37 bits per heavy atom. The van der Waals surface area contributed by atoms with Crippen LogP contribution >= 0.6 is 27.5 Å². The summed E-state index contributed by atoms with van der Waals surface area (Å²) in [5.74, 6) is 2.03. The molecule has 0 saturated heterocycles. The fourth-order valence-electron chi connectivity index (χ4n) is 1.34. The van der Waals surface area contributed by atoms with Gasteiger partial charge in [0.2, 0.25) is 11.8 Å². The minimum atomic E-state index is 0.284. The highest BCUT2D eigenvalue weighted by atomic mass is 79.9. The fraction of sp³-hybridized carbons (Fsp3) is 0.167. The van der Waals surface area contributed by atoms with Crippen LogP contribution in [0.5, 0.6) is 17.4 Å². The Morgan fingerprint density at radius 2 is 2.16 bits per heavy atom. The lowest BCUT2D eigenvalue weighted by Gasteiger charge is -2.10. The molecule has 0 bridgehead atoms. The van der Waals surface area contributed by atoms with Gasteiger partial charge >= 0.3 is 0 Å². The van der Waals surface area contributed by atoms with Crippen molar-refractivity contribution < 1.29 is 9.47 Å². The topological polar surface area (TPSA) is 56.3 Å². The van der Waals surface area contributed by atoms with E-state index in [1.54, 1.807) is 32.4 Å². The molecule has 0 amide bonds. The lowest BCUT2D eigenvalue weighted by Crippen LogP contribution is -1.98. The van der Waals surface area contributed by atoms with E-state index in [1.807, 2.05) is 0 Å². The average molecular weight is 345 g/mol. The summed E-state index contributed by atoms with van der Waals surface area (Å²) in [4.78, 5) is 8.12. The van der Waals surface area contributed by atoms with Crippen molar-refractivity contribution in [1.82, 2.24) is 9.97 Å². The Kier molecular flexibility index (Phi) is 4.44. The number of rotatable bonds is 4. The van der Waals surface area contributed by atoms with Gasteiger partial charge in [0, 0.05) is 7.05 Å². The smallest absolute Gasteiger partial charge is 0.243 e. The van der Waals surface area contributed by atoms with E-state index in [4.69, 9.17) is 21.1 Å². The van der Waals surface area contributed by atoms with Crippen molar-refractivity contribution >= 4 is 33.5 Å². The highest BCUT2D eigenvalue weighted by molar-refractivity contribution is 9.10. The summed E-state index contributed by atoms with van der Waals surface area (Å²) in [7, 11) is 3.32. The number of methoxy groups -OCH3 is 1. The molecule has 0 spiro atoms. The molecule has 0 aliphatic rings. The van der Waals surface area contributed by atoms with E-state index < -0.39 is 0 Å². The van der Waals surface area contributed by atoms with Crippen LogP contribution in [-0.4, -0.2) is 24.1 Å². The van der Waals surface area contributed by atoms with E-state index in [2.05, 4.69) is 31.2 Å². The third-order valence-electron chi connectivity index (χ3n) is 2.28. The van der Waals surface area contributed by atoms with Gasteiger partial charge in [0.05, 0.1) is 17.8 Å². The number of hydrogen-bond acceptors (Lipinski definition) is 5. The highest BCUT2D eigenvalue weighted by Crippen LogP contribution is 2.34. The number of anilines is 1.